The molecule has 5 heteroatoms. The molecule has 0 amide bonds. The van der Waals surface area contributed by atoms with Crippen LogP contribution < -0.4 is 0 Å². The number of aliphatic hydroxyl groups excluding tert-OH is 3. The van der Waals surface area contributed by atoms with E-state index in [1.807, 2.05) is 0 Å². The average molecular weight is 246 g/mol. The lowest BCUT2D eigenvalue weighted by molar-refractivity contribution is -0.265. The first-order valence-corrected chi connectivity index (χ1v) is 6.38. The van der Waals surface area contributed by atoms with Gasteiger partial charge in [-0.05, 0) is 19.8 Å². The van der Waals surface area contributed by atoms with Gasteiger partial charge in [0.2, 0.25) is 0 Å². The molecule has 0 aromatic carbocycles. The molecule has 5 atom stereocenters. The van der Waals surface area contributed by atoms with Gasteiger partial charge >= 0.3 is 0 Å². The van der Waals surface area contributed by atoms with E-state index in [2.05, 4.69) is 0 Å². The summed E-state index contributed by atoms with van der Waals surface area (Å²) in [5, 5.41) is 39.8. The smallest absolute Gasteiger partial charge is 0.115 e. The van der Waals surface area contributed by atoms with Gasteiger partial charge in [-0.1, -0.05) is 19.3 Å². The maximum absolute atomic E-state index is 10.5. The fraction of sp³-hybridized carbons (Fsp3) is 1.00. The molecule has 0 bridgehead atoms. The van der Waals surface area contributed by atoms with Gasteiger partial charge < -0.3 is 25.2 Å². The maximum Gasteiger partial charge on any atom is 0.115 e. The van der Waals surface area contributed by atoms with Crippen molar-refractivity contribution in [1.29, 1.82) is 0 Å². The lowest BCUT2D eigenvalue weighted by atomic mass is 9.76. The van der Waals surface area contributed by atoms with E-state index in [-0.39, 0.29) is 0 Å². The highest BCUT2D eigenvalue weighted by Crippen LogP contribution is 2.37. The number of aliphatic hydroxyl groups is 4. The van der Waals surface area contributed by atoms with Crippen LogP contribution in [-0.4, -0.2) is 56.5 Å². The maximum atomic E-state index is 10.5. The van der Waals surface area contributed by atoms with Gasteiger partial charge in [0.15, 0.2) is 0 Å². The quantitative estimate of drug-likeness (QED) is 0.503. The van der Waals surface area contributed by atoms with Crippen LogP contribution >= 0.6 is 0 Å². The van der Waals surface area contributed by atoms with Gasteiger partial charge in [-0.15, -0.1) is 0 Å². The lowest BCUT2D eigenvalue weighted by Crippen LogP contribution is -2.64. The van der Waals surface area contributed by atoms with Crippen LogP contribution in [0.5, 0.6) is 0 Å². The Morgan fingerprint density at radius 2 is 1.53 bits per heavy atom. The van der Waals surface area contributed by atoms with Crippen molar-refractivity contribution in [3.63, 3.8) is 0 Å². The van der Waals surface area contributed by atoms with Gasteiger partial charge in [-0.25, -0.2) is 0 Å². The molecule has 100 valence electrons. The third-order valence-electron chi connectivity index (χ3n) is 4.10. The summed E-state index contributed by atoms with van der Waals surface area (Å²) in [5.74, 6) is 0. The van der Waals surface area contributed by atoms with Crippen molar-refractivity contribution < 1.29 is 25.2 Å². The zero-order chi connectivity index (χ0) is 12.6. The van der Waals surface area contributed by atoms with E-state index < -0.39 is 36.1 Å². The summed E-state index contributed by atoms with van der Waals surface area (Å²) in [4.78, 5) is 0. The Kier molecular flexibility index (Phi) is 3.75. The molecular weight excluding hydrogens is 224 g/mol. The summed E-state index contributed by atoms with van der Waals surface area (Å²) in [6, 6.07) is 0. The summed E-state index contributed by atoms with van der Waals surface area (Å²) in [7, 11) is 0. The van der Waals surface area contributed by atoms with Gasteiger partial charge in [0.25, 0.3) is 0 Å². The van der Waals surface area contributed by atoms with Crippen molar-refractivity contribution >= 4 is 0 Å². The Balaban J connectivity index is 2.14. The average Bonchev–Trinajstić information content (AvgIpc) is 2.32. The first-order chi connectivity index (χ1) is 7.96. The predicted octanol–water partition coefficient (Wildman–Crippen LogP) is -0.448. The molecule has 1 heterocycles. The van der Waals surface area contributed by atoms with Crippen LogP contribution in [0, 0.1) is 0 Å². The number of hydrogen-bond acceptors (Lipinski definition) is 5. The van der Waals surface area contributed by atoms with Crippen molar-refractivity contribution in [1.82, 2.24) is 0 Å². The third-order valence-corrected chi connectivity index (χ3v) is 4.10. The summed E-state index contributed by atoms with van der Waals surface area (Å²) in [5.41, 5.74) is -1.08. The van der Waals surface area contributed by atoms with Crippen LogP contribution in [-0.2, 0) is 4.74 Å². The molecule has 0 aromatic heterocycles. The first kappa shape index (κ1) is 13.2. The number of rotatable bonds is 1. The van der Waals surface area contributed by atoms with Crippen LogP contribution in [0.2, 0.25) is 0 Å². The second-order valence-electron chi connectivity index (χ2n) is 5.40. The molecule has 5 nitrogen and oxygen atoms in total. The molecule has 1 saturated heterocycles. The Labute approximate surface area is 101 Å². The monoisotopic (exact) mass is 246 g/mol. The van der Waals surface area contributed by atoms with Crippen LogP contribution in [0.3, 0.4) is 0 Å². The third kappa shape index (κ3) is 2.35. The number of hydrogen-bond donors (Lipinski definition) is 4. The van der Waals surface area contributed by atoms with E-state index >= 15 is 0 Å². The summed E-state index contributed by atoms with van der Waals surface area (Å²) in [6.07, 6.45) is -0.958. The molecule has 0 radical (unpaired) electrons. The predicted molar refractivity (Wildman–Crippen MR) is 60.4 cm³/mol. The highest BCUT2D eigenvalue weighted by atomic mass is 16.5. The van der Waals surface area contributed by atoms with E-state index in [0.29, 0.717) is 12.8 Å². The van der Waals surface area contributed by atoms with Gasteiger partial charge in [0, 0.05) is 0 Å². The highest BCUT2D eigenvalue weighted by molar-refractivity contribution is 5.01. The molecule has 4 N–H and O–H groups in total. The van der Waals surface area contributed by atoms with Crippen molar-refractivity contribution in [3.8, 4) is 0 Å². The largest absolute Gasteiger partial charge is 0.388 e. The van der Waals surface area contributed by atoms with Gasteiger partial charge in [-0.3, -0.25) is 0 Å². The molecule has 1 aliphatic carbocycles. The molecule has 17 heavy (non-hydrogen) atoms. The van der Waals surface area contributed by atoms with Crippen LogP contribution in [0.1, 0.15) is 39.0 Å². The van der Waals surface area contributed by atoms with Crippen LogP contribution in [0.4, 0.5) is 0 Å². The Hall–Kier alpha value is -0.200. The molecule has 1 aliphatic heterocycles. The van der Waals surface area contributed by atoms with Crippen molar-refractivity contribution in [2.45, 2.75) is 75.1 Å². The molecule has 0 aromatic rings. The Bertz CT molecular complexity index is 264. The fourth-order valence-corrected chi connectivity index (χ4v) is 2.94. The van der Waals surface area contributed by atoms with E-state index in [0.717, 1.165) is 19.3 Å². The molecule has 2 rings (SSSR count). The first-order valence-electron chi connectivity index (χ1n) is 6.38. The van der Waals surface area contributed by atoms with E-state index in [1.165, 1.54) is 0 Å². The second kappa shape index (κ2) is 4.82. The van der Waals surface area contributed by atoms with Gasteiger partial charge in [-0.2, -0.15) is 0 Å². The minimum absolute atomic E-state index is 0.574. The van der Waals surface area contributed by atoms with Gasteiger partial charge in [0.05, 0.1) is 11.7 Å². The minimum Gasteiger partial charge on any atom is -0.388 e. The Morgan fingerprint density at radius 3 is 2.12 bits per heavy atom. The molecule has 2 fully saturated rings. The fourth-order valence-electron chi connectivity index (χ4n) is 2.94. The number of ether oxygens (including phenoxy) is 1. The van der Waals surface area contributed by atoms with Crippen LogP contribution in [0.25, 0.3) is 0 Å². The van der Waals surface area contributed by atoms with Crippen LogP contribution in [0.15, 0.2) is 0 Å². The van der Waals surface area contributed by atoms with Crippen molar-refractivity contribution in [3.05, 3.63) is 0 Å². The molecule has 0 spiro atoms. The summed E-state index contributed by atoms with van der Waals surface area (Å²) >= 11 is 0. The van der Waals surface area contributed by atoms with Crippen molar-refractivity contribution in [2.75, 3.05) is 0 Å². The summed E-state index contributed by atoms with van der Waals surface area (Å²) in [6.45, 7) is 1.64. The van der Waals surface area contributed by atoms with E-state index in [9.17, 15) is 20.4 Å². The standard InChI is InChI=1S/C12H22O5/c1-7-8(13)9(14)10(15)11(17-7)12(16)5-3-2-4-6-12/h7-11,13-16H,2-6H2,1H3/t7-,8+,9+,10-,11+/m0/s1. The van der Waals surface area contributed by atoms with E-state index in [4.69, 9.17) is 4.74 Å². The normalized spacial score (nSPS) is 46.8. The van der Waals surface area contributed by atoms with Crippen molar-refractivity contribution in [2.24, 2.45) is 0 Å². The topological polar surface area (TPSA) is 90.2 Å². The SMILES string of the molecule is C[C@@H]1O[C@@H](C2(O)CCCCC2)[C@@H](O)[C@H](O)[C@@H]1O. The van der Waals surface area contributed by atoms with E-state index in [1.54, 1.807) is 6.92 Å². The zero-order valence-corrected chi connectivity index (χ0v) is 10.1. The molecular formula is C12H22O5. The molecule has 2 aliphatic rings. The highest BCUT2D eigenvalue weighted by Gasteiger charge is 2.51. The molecule has 1 saturated carbocycles. The second-order valence-corrected chi connectivity index (χ2v) is 5.40. The minimum atomic E-state index is -1.25. The Morgan fingerprint density at radius 1 is 0.941 bits per heavy atom. The lowest BCUT2D eigenvalue weighted by Gasteiger charge is -2.47. The zero-order valence-electron chi connectivity index (χ0n) is 10.1. The van der Waals surface area contributed by atoms with Gasteiger partial charge in [0.1, 0.15) is 24.4 Å². The molecule has 0 unspecified atom stereocenters. The summed E-state index contributed by atoms with van der Waals surface area (Å²) < 4.78 is 5.51.